The summed E-state index contributed by atoms with van der Waals surface area (Å²) >= 11 is 0. The molecule has 58 valence electrons. The van der Waals surface area contributed by atoms with Gasteiger partial charge in [-0.1, -0.05) is 26.0 Å². The molecule has 10 heavy (non-hydrogen) atoms. The van der Waals surface area contributed by atoms with Crippen molar-refractivity contribution in [3.63, 3.8) is 0 Å². The van der Waals surface area contributed by atoms with Crippen molar-refractivity contribution in [1.82, 2.24) is 0 Å². The van der Waals surface area contributed by atoms with E-state index in [-0.39, 0.29) is 0 Å². The first kappa shape index (κ1) is 7.80. The molecule has 0 aliphatic heterocycles. The molecule has 0 aromatic heterocycles. The molecule has 0 unspecified atom stereocenters. The van der Waals surface area contributed by atoms with Crippen molar-refractivity contribution in [1.29, 1.82) is 0 Å². The average Bonchev–Trinajstić information content (AvgIpc) is 2.33. The number of hydrogen-bond acceptors (Lipinski definition) is 1. The Morgan fingerprint density at radius 3 is 2.20 bits per heavy atom. The van der Waals surface area contributed by atoms with Gasteiger partial charge in [-0.2, -0.15) is 0 Å². The highest BCUT2D eigenvalue weighted by atomic mass is 14.7. The Labute approximate surface area is 63.3 Å². The lowest BCUT2D eigenvalue weighted by Gasteiger charge is -1.99. The Morgan fingerprint density at radius 1 is 1.60 bits per heavy atom. The molecule has 1 rings (SSSR count). The second kappa shape index (κ2) is 2.09. The maximum atomic E-state index is 5.60. The second-order valence-corrected chi connectivity index (χ2v) is 3.99. The van der Waals surface area contributed by atoms with Crippen LogP contribution in [0.25, 0.3) is 0 Å². The van der Waals surface area contributed by atoms with Crippen molar-refractivity contribution < 1.29 is 0 Å². The third-order valence-electron chi connectivity index (χ3n) is 2.84. The number of rotatable bonds is 2. The molecule has 1 nitrogen and oxygen atoms in total. The van der Waals surface area contributed by atoms with Gasteiger partial charge in [0.25, 0.3) is 0 Å². The van der Waals surface area contributed by atoms with E-state index in [0.717, 1.165) is 6.54 Å². The van der Waals surface area contributed by atoms with Crippen molar-refractivity contribution in [3.05, 3.63) is 12.2 Å². The summed E-state index contributed by atoms with van der Waals surface area (Å²) in [5, 5.41) is 0. The molecule has 0 aromatic carbocycles. The lowest BCUT2D eigenvalue weighted by atomic mass is 10.1. The summed E-state index contributed by atoms with van der Waals surface area (Å²) < 4.78 is 0. The van der Waals surface area contributed by atoms with Crippen LogP contribution in [-0.2, 0) is 0 Å². The van der Waals surface area contributed by atoms with Gasteiger partial charge in [0.05, 0.1) is 0 Å². The van der Waals surface area contributed by atoms with Crippen molar-refractivity contribution in [2.75, 3.05) is 6.54 Å². The summed E-state index contributed by atoms with van der Waals surface area (Å²) in [4.78, 5) is 0. The monoisotopic (exact) mass is 139 g/mol. The van der Waals surface area contributed by atoms with Crippen LogP contribution in [0.2, 0.25) is 0 Å². The quantitative estimate of drug-likeness (QED) is 0.580. The fourth-order valence-corrected chi connectivity index (χ4v) is 2.16. The zero-order valence-electron chi connectivity index (χ0n) is 7.15. The van der Waals surface area contributed by atoms with Gasteiger partial charge in [-0.05, 0) is 30.7 Å². The molecule has 1 saturated carbocycles. The molecule has 0 heterocycles. The molecular formula is C9H17N. The van der Waals surface area contributed by atoms with Gasteiger partial charge in [0.1, 0.15) is 0 Å². The summed E-state index contributed by atoms with van der Waals surface area (Å²) in [5.41, 5.74) is 7.32. The van der Waals surface area contributed by atoms with Gasteiger partial charge in [-0.25, -0.2) is 0 Å². The van der Waals surface area contributed by atoms with Crippen molar-refractivity contribution in [3.8, 4) is 0 Å². The molecule has 0 bridgehead atoms. The minimum absolute atomic E-state index is 0.431. The molecule has 1 heteroatoms. The summed E-state index contributed by atoms with van der Waals surface area (Å²) in [6.45, 7) is 11.4. The van der Waals surface area contributed by atoms with E-state index >= 15 is 0 Å². The molecule has 1 aliphatic carbocycles. The Bertz CT molecular complexity index is 158. The second-order valence-electron chi connectivity index (χ2n) is 3.99. The van der Waals surface area contributed by atoms with Gasteiger partial charge in [-0.15, -0.1) is 0 Å². The van der Waals surface area contributed by atoms with Crippen LogP contribution in [0.3, 0.4) is 0 Å². The topological polar surface area (TPSA) is 26.0 Å². The first-order valence-corrected chi connectivity index (χ1v) is 3.87. The summed E-state index contributed by atoms with van der Waals surface area (Å²) in [6.07, 6.45) is 0. The van der Waals surface area contributed by atoms with E-state index in [9.17, 15) is 0 Å². The van der Waals surface area contributed by atoms with Crippen LogP contribution in [0.1, 0.15) is 20.8 Å². The van der Waals surface area contributed by atoms with Gasteiger partial charge in [0, 0.05) is 0 Å². The first-order valence-electron chi connectivity index (χ1n) is 3.87. The predicted molar refractivity (Wildman–Crippen MR) is 44.6 cm³/mol. The molecule has 0 radical (unpaired) electrons. The standard InChI is InChI=1S/C9H17N/c1-6(2)8-7(5-10)9(8,3)4/h7-8H,1,5,10H2,2-4H3/t7-,8-/m0/s1. The lowest BCUT2D eigenvalue weighted by molar-refractivity contribution is 0.552. The largest absolute Gasteiger partial charge is 0.330 e. The van der Waals surface area contributed by atoms with E-state index in [4.69, 9.17) is 5.73 Å². The highest BCUT2D eigenvalue weighted by Crippen LogP contribution is 2.60. The number of allylic oxidation sites excluding steroid dienone is 1. The van der Waals surface area contributed by atoms with Crippen molar-refractivity contribution in [2.45, 2.75) is 20.8 Å². The Hall–Kier alpha value is -0.300. The van der Waals surface area contributed by atoms with Gasteiger partial charge in [-0.3, -0.25) is 0 Å². The molecule has 0 saturated heterocycles. The fraction of sp³-hybridized carbons (Fsp3) is 0.778. The minimum atomic E-state index is 0.431. The van der Waals surface area contributed by atoms with Gasteiger partial charge in [0.2, 0.25) is 0 Å². The Balaban J connectivity index is 2.61. The predicted octanol–water partition coefficient (Wildman–Crippen LogP) is 1.79. The molecule has 1 fully saturated rings. The molecule has 2 N–H and O–H groups in total. The molecule has 0 aromatic rings. The van der Waals surface area contributed by atoms with Crippen LogP contribution >= 0.6 is 0 Å². The zero-order valence-corrected chi connectivity index (χ0v) is 7.15. The van der Waals surface area contributed by atoms with Crippen LogP contribution in [-0.4, -0.2) is 6.54 Å². The van der Waals surface area contributed by atoms with E-state index < -0.39 is 0 Å². The van der Waals surface area contributed by atoms with E-state index in [1.54, 1.807) is 0 Å². The number of hydrogen-bond donors (Lipinski definition) is 1. The van der Waals surface area contributed by atoms with Gasteiger partial charge < -0.3 is 5.73 Å². The summed E-state index contributed by atoms with van der Waals surface area (Å²) in [7, 11) is 0. The van der Waals surface area contributed by atoms with Crippen molar-refractivity contribution >= 4 is 0 Å². The smallest absolute Gasteiger partial charge is 0.00376 e. The third kappa shape index (κ3) is 0.891. The average molecular weight is 139 g/mol. The Kier molecular flexibility index (Phi) is 1.63. The van der Waals surface area contributed by atoms with Gasteiger partial charge >= 0.3 is 0 Å². The molecule has 1 aliphatic rings. The van der Waals surface area contributed by atoms with Crippen LogP contribution < -0.4 is 5.73 Å². The first-order chi connectivity index (χ1) is 4.51. The van der Waals surface area contributed by atoms with Crippen LogP contribution in [0.5, 0.6) is 0 Å². The molecule has 0 spiro atoms. The van der Waals surface area contributed by atoms with Crippen LogP contribution in [0.4, 0.5) is 0 Å². The lowest BCUT2D eigenvalue weighted by Crippen LogP contribution is -2.05. The maximum Gasteiger partial charge on any atom is -0.00376 e. The number of nitrogens with two attached hydrogens (primary N) is 1. The van der Waals surface area contributed by atoms with E-state index in [0.29, 0.717) is 17.3 Å². The van der Waals surface area contributed by atoms with Crippen molar-refractivity contribution in [2.24, 2.45) is 23.0 Å². The highest BCUT2D eigenvalue weighted by Gasteiger charge is 2.56. The highest BCUT2D eigenvalue weighted by molar-refractivity contribution is 5.19. The zero-order chi connectivity index (χ0) is 7.94. The molecule has 2 atom stereocenters. The van der Waals surface area contributed by atoms with E-state index in [1.807, 2.05) is 0 Å². The maximum absolute atomic E-state index is 5.60. The summed E-state index contributed by atoms with van der Waals surface area (Å²) in [5.74, 6) is 1.36. The summed E-state index contributed by atoms with van der Waals surface area (Å²) in [6, 6.07) is 0. The third-order valence-corrected chi connectivity index (χ3v) is 2.84. The SMILES string of the molecule is C=C(C)[C@H]1[C@H](CN)C1(C)C. The van der Waals surface area contributed by atoms with Gasteiger partial charge in [0.15, 0.2) is 0 Å². The normalized spacial score (nSPS) is 35.6. The fourth-order valence-electron chi connectivity index (χ4n) is 2.16. The van der Waals surface area contributed by atoms with E-state index in [2.05, 4.69) is 27.4 Å². The minimum Gasteiger partial charge on any atom is -0.330 e. The Morgan fingerprint density at radius 2 is 2.10 bits per heavy atom. The van der Waals surface area contributed by atoms with Crippen LogP contribution in [0.15, 0.2) is 12.2 Å². The van der Waals surface area contributed by atoms with Crippen LogP contribution in [0, 0.1) is 17.3 Å². The van der Waals surface area contributed by atoms with E-state index in [1.165, 1.54) is 5.57 Å². The molecular weight excluding hydrogens is 122 g/mol. The molecule has 0 amide bonds.